The molecule has 0 saturated carbocycles. The van der Waals surface area contributed by atoms with Crippen LogP contribution in [0.15, 0.2) is 24.3 Å². The molecule has 1 aliphatic rings. The third kappa shape index (κ3) is 3.47. The summed E-state index contributed by atoms with van der Waals surface area (Å²) < 4.78 is 5.26. The fourth-order valence-corrected chi connectivity index (χ4v) is 2.67. The Morgan fingerprint density at radius 3 is 2.72 bits per heavy atom. The topological polar surface area (TPSA) is 38.5 Å². The number of ether oxygens (including phenoxy) is 1. The fraction of sp³-hybridized carbons (Fsp3) is 0.600. The van der Waals surface area contributed by atoms with Crippen LogP contribution in [0.4, 0.5) is 0 Å². The summed E-state index contributed by atoms with van der Waals surface area (Å²) in [5.41, 5.74) is 7.30. The second kappa shape index (κ2) is 6.21. The summed E-state index contributed by atoms with van der Waals surface area (Å²) in [6.07, 6.45) is 2.45. The van der Waals surface area contributed by atoms with Crippen LogP contribution in [0.1, 0.15) is 25.3 Å². The van der Waals surface area contributed by atoms with Crippen molar-refractivity contribution in [3.63, 3.8) is 0 Å². The van der Waals surface area contributed by atoms with Gasteiger partial charge in [-0.05, 0) is 56.5 Å². The van der Waals surface area contributed by atoms with Gasteiger partial charge in [-0.25, -0.2) is 0 Å². The minimum absolute atomic E-state index is 0.337. The van der Waals surface area contributed by atoms with Gasteiger partial charge in [0, 0.05) is 12.6 Å². The predicted molar refractivity (Wildman–Crippen MR) is 74.6 cm³/mol. The summed E-state index contributed by atoms with van der Waals surface area (Å²) in [6, 6.07) is 8.68. The smallest absolute Gasteiger partial charge is 0.119 e. The first-order valence-electron chi connectivity index (χ1n) is 6.80. The monoisotopic (exact) mass is 248 g/mol. The summed E-state index contributed by atoms with van der Waals surface area (Å²) in [5.74, 6) is 1.64. The lowest BCUT2D eigenvalue weighted by Gasteiger charge is -2.33. The van der Waals surface area contributed by atoms with Gasteiger partial charge in [0.05, 0.1) is 7.11 Å². The molecule has 0 aromatic heterocycles. The number of nitrogens with zero attached hydrogens (tertiary/aromatic N) is 1. The van der Waals surface area contributed by atoms with Crippen LogP contribution in [0.3, 0.4) is 0 Å². The molecule has 3 nitrogen and oxygen atoms in total. The van der Waals surface area contributed by atoms with Crippen molar-refractivity contribution in [1.82, 2.24) is 4.90 Å². The Kier molecular flexibility index (Phi) is 4.61. The Balaban J connectivity index is 1.87. The lowest BCUT2D eigenvalue weighted by molar-refractivity contribution is 0.165. The summed E-state index contributed by atoms with van der Waals surface area (Å²) in [5, 5.41) is 0. The van der Waals surface area contributed by atoms with Crippen LogP contribution >= 0.6 is 0 Å². The van der Waals surface area contributed by atoms with Crippen molar-refractivity contribution in [1.29, 1.82) is 0 Å². The average Bonchev–Trinajstić information content (AvgIpc) is 2.39. The number of benzene rings is 1. The number of rotatable bonds is 4. The molecule has 0 aliphatic carbocycles. The quantitative estimate of drug-likeness (QED) is 0.888. The Morgan fingerprint density at radius 2 is 2.11 bits per heavy atom. The van der Waals surface area contributed by atoms with Gasteiger partial charge in [0.2, 0.25) is 0 Å². The molecule has 1 saturated heterocycles. The predicted octanol–water partition coefficient (Wildman–Crippen LogP) is 2.25. The Bertz CT molecular complexity index is 371. The maximum atomic E-state index is 5.97. The van der Waals surface area contributed by atoms with Gasteiger partial charge in [0.25, 0.3) is 0 Å². The van der Waals surface area contributed by atoms with Crippen molar-refractivity contribution >= 4 is 0 Å². The third-order valence-corrected chi connectivity index (χ3v) is 3.92. The van der Waals surface area contributed by atoms with Crippen LogP contribution in [-0.2, 0) is 6.54 Å². The van der Waals surface area contributed by atoms with E-state index in [1.807, 2.05) is 6.07 Å². The maximum absolute atomic E-state index is 5.97. The first kappa shape index (κ1) is 13.4. The summed E-state index contributed by atoms with van der Waals surface area (Å²) >= 11 is 0. The van der Waals surface area contributed by atoms with Crippen molar-refractivity contribution < 1.29 is 4.74 Å². The molecule has 100 valence electrons. The van der Waals surface area contributed by atoms with E-state index in [9.17, 15) is 0 Å². The molecule has 2 N–H and O–H groups in total. The first-order valence-corrected chi connectivity index (χ1v) is 6.80. The van der Waals surface area contributed by atoms with Crippen molar-refractivity contribution in [2.75, 3.05) is 20.2 Å². The fourth-order valence-electron chi connectivity index (χ4n) is 2.67. The molecule has 1 fully saturated rings. The Hall–Kier alpha value is -1.06. The number of likely N-dealkylation sites (tertiary alicyclic amines) is 1. The average molecular weight is 248 g/mol. The van der Waals surface area contributed by atoms with Gasteiger partial charge in [0.1, 0.15) is 5.75 Å². The van der Waals surface area contributed by atoms with Crippen molar-refractivity contribution in [2.24, 2.45) is 11.7 Å². The molecule has 1 aromatic carbocycles. The molecule has 0 bridgehead atoms. The number of hydrogen-bond acceptors (Lipinski definition) is 3. The second-order valence-corrected chi connectivity index (χ2v) is 5.32. The second-order valence-electron chi connectivity index (χ2n) is 5.32. The van der Waals surface area contributed by atoms with Crippen LogP contribution in [0, 0.1) is 5.92 Å². The van der Waals surface area contributed by atoms with Crippen LogP contribution in [0.25, 0.3) is 0 Å². The zero-order valence-corrected chi connectivity index (χ0v) is 11.4. The molecule has 0 amide bonds. The SMILES string of the molecule is COc1cccc(CN2CCC(C(C)N)CC2)c1. The van der Waals surface area contributed by atoms with Crippen molar-refractivity contribution in [3.8, 4) is 5.75 Å². The summed E-state index contributed by atoms with van der Waals surface area (Å²) in [6.45, 7) is 5.46. The van der Waals surface area contributed by atoms with Gasteiger partial charge in [0.15, 0.2) is 0 Å². The Labute approximate surface area is 110 Å². The largest absolute Gasteiger partial charge is 0.497 e. The van der Waals surface area contributed by atoms with E-state index in [0.717, 1.165) is 25.4 Å². The highest BCUT2D eigenvalue weighted by Crippen LogP contribution is 2.22. The van der Waals surface area contributed by atoms with Gasteiger partial charge in [-0.2, -0.15) is 0 Å². The van der Waals surface area contributed by atoms with E-state index in [2.05, 4.69) is 30.0 Å². The van der Waals surface area contributed by atoms with E-state index in [1.165, 1.54) is 18.4 Å². The molecule has 2 rings (SSSR count). The van der Waals surface area contributed by atoms with E-state index < -0.39 is 0 Å². The van der Waals surface area contributed by atoms with Crippen LogP contribution < -0.4 is 10.5 Å². The molecular formula is C15H24N2O. The molecule has 1 aliphatic heterocycles. The number of methoxy groups -OCH3 is 1. The van der Waals surface area contributed by atoms with Gasteiger partial charge in [-0.1, -0.05) is 12.1 Å². The van der Waals surface area contributed by atoms with E-state index in [1.54, 1.807) is 7.11 Å². The minimum atomic E-state index is 0.337. The van der Waals surface area contributed by atoms with Crippen LogP contribution in [0.2, 0.25) is 0 Å². The lowest BCUT2D eigenvalue weighted by atomic mass is 9.91. The molecule has 1 aromatic rings. The molecule has 1 unspecified atom stereocenters. The molecule has 1 heterocycles. The molecule has 0 radical (unpaired) electrons. The van der Waals surface area contributed by atoms with Crippen molar-refractivity contribution in [3.05, 3.63) is 29.8 Å². The molecule has 0 spiro atoms. The standard InChI is InChI=1S/C15H24N2O/c1-12(16)14-6-8-17(9-7-14)11-13-4-3-5-15(10-13)18-2/h3-5,10,12,14H,6-9,11,16H2,1-2H3. The molecule has 1 atom stereocenters. The highest BCUT2D eigenvalue weighted by Gasteiger charge is 2.21. The van der Waals surface area contributed by atoms with Crippen LogP contribution in [0.5, 0.6) is 5.75 Å². The van der Waals surface area contributed by atoms with E-state index in [-0.39, 0.29) is 0 Å². The van der Waals surface area contributed by atoms with Gasteiger partial charge in [-0.15, -0.1) is 0 Å². The van der Waals surface area contributed by atoms with E-state index in [0.29, 0.717) is 12.0 Å². The van der Waals surface area contributed by atoms with Crippen LogP contribution in [-0.4, -0.2) is 31.1 Å². The number of nitrogens with two attached hydrogens (primary N) is 1. The highest BCUT2D eigenvalue weighted by atomic mass is 16.5. The minimum Gasteiger partial charge on any atom is -0.497 e. The highest BCUT2D eigenvalue weighted by molar-refractivity contribution is 5.28. The number of hydrogen-bond donors (Lipinski definition) is 1. The zero-order chi connectivity index (χ0) is 13.0. The maximum Gasteiger partial charge on any atom is 0.119 e. The summed E-state index contributed by atoms with van der Waals surface area (Å²) in [7, 11) is 1.72. The first-order chi connectivity index (χ1) is 8.69. The van der Waals surface area contributed by atoms with E-state index >= 15 is 0 Å². The normalized spacial score (nSPS) is 19.7. The molecule has 3 heteroatoms. The van der Waals surface area contributed by atoms with Crippen molar-refractivity contribution in [2.45, 2.75) is 32.4 Å². The summed E-state index contributed by atoms with van der Waals surface area (Å²) in [4.78, 5) is 2.51. The Morgan fingerprint density at radius 1 is 1.39 bits per heavy atom. The van der Waals surface area contributed by atoms with Gasteiger partial charge >= 0.3 is 0 Å². The van der Waals surface area contributed by atoms with Gasteiger partial charge < -0.3 is 10.5 Å². The van der Waals surface area contributed by atoms with Gasteiger partial charge in [-0.3, -0.25) is 4.90 Å². The molecular weight excluding hydrogens is 224 g/mol. The van der Waals surface area contributed by atoms with E-state index in [4.69, 9.17) is 10.5 Å². The third-order valence-electron chi connectivity index (χ3n) is 3.92. The lowest BCUT2D eigenvalue weighted by Crippen LogP contribution is -2.39. The zero-order valence-electron chi connectivity index (χ0n) is 11.4. The number of piperidine rings is 1. The molecule has 18 heavy (non-hydrogen) atoms.